The molecule has 1 aliphatic rings. The van der Waals surface area contributed by atoms with Gasteiger partial charge in [0.2, 0.25) is 0 Å². The fraction of sp³-hybridized carbons (Fsp3) is 0.600. The van der Waals surface area contributed by atoms with E-state index in [4.69, 9.17) is 0 Å². The Kier molecular flexibility index (Phi) is 22.9. The van der Waals surface area contributed by atoms with Gasteiger partial charge in [-0.15, -0.1) is 0 Å². The first-order valence-electron chi connectivity index (χ1n) is 2.15. The fourth-order valence-electron chi connectivity index (χ4n) is 0.589. The first-order chi connectivity index (χ1) is 2.50. The first kappa shape index (κ1) is 16.2. The summed E-state index contributed by atoms with van der Waals surface area (Å²) in [5.41, 5.74) is 0. The van der Waals surface area contributed by atoms with Crippen LogP contribution in [0, 0.1) is 0 Å². The Morgan fingerprint density at radius 3 is 1.38 bits per heavy atom. The van der Waals surface area contributed by atoms with Crippen molar-refractivity contribution in [3.05, 3.63) is 12.2 Å². The molecule has 0 saturated heterocycles. The van der Waals surface area contributed by atoms with Crippen molar-refractivity contribution < 1.29 is 34.0 Å². The molecule has 0 amide bonds. The molecule has 0 radical (unpaired) electrons. The van der Waals surface area contributed by atoms with E-state index >= 15 is 0 Å². The molecule has 0 aromatic rings. The van der Waals surface area contributed by atoms with Crippen molar-refractivity contribution in [1.82, 2.24) is 0 Å². The average Bonchev–Trinajstić information content (AvgIpc) is 1.76. The summed E-state index contributed by atoms with van der Waals surface area (Å²) in [6, 6.07) is 0. The van der Waals surface area contributed by atoms with Crippen LogP contribution in [0.5, 0.6) is 0 Å². The van der Waals surface area contributed by atoms with Crippen LogP contribution in [-0.4, -0.2) is 23.1 Å². The molecule has 0 bridgehead atoms. The van der Waals surface area contributed by atoms with Crippen molar-refractivity contribution >= 4 is 23.1 Å². The maximum atomic E-state index is 2.24. The molecule has 1 rings (SSSR count). The second-order valence-electron chi connectivity index (χ2n) is 1.40. The smallest absolute Gasteiger partial charge is 1.00 e. The van der Waals surface area contributed by atoms with Crippen molar-refractivity contribution in [2.75, 3.05) is 0 Å². The van der Waals surface area contributed by atoms with E-state index in [1.165, 1.54) is 19.3 Å². The number of allylic oxidation sites excluding steroid dienone is 2. The molecule has 0 aromatic heterocycles. The zero-order valence-corrected chi connectivity index (χ0v) is 9.33. The van der Waals surface area contributed by atoms with Crippen LogP contribution in [0.3, 0.4) is 0 Å². The van der Waals surface area contributed by atoms with E-state index in [0.29, 0.717) is 0 Å². The summed E-state index contributed by atoms with van der Waals surface area (Å²) in [4.78, 5) is 0. The molecule has 0 unspecified atom stereocenters. The molecule has 0 nitrogen and oxygen atoms in total. The van der Waals surface area contributed by atoms with Gasteiger partial charge in [-0.05, 0) is 19.3 Å². The zero-order valence-electron chi connectivity index (χ0n) is 4.74. The SMILES string of the molecule is C1=CCCC1.[Br-].[Br-].[Mg+2]. The molecular weight excluding hydrogens is 244 g/mol. The zero-order chi connectivity index (χ0) is 3.54. The van der Waals surface area contributed by atoms with Gasteiger partial charge >= 0.3 is 23.1 Å². The Labute approximate surface area is 87.8 Å². The number of halogens is 2. The predicted molar refractivity (Wildman–Crippen MR) is 28.7 cm³/mol. The van der Waals surface area contributed by atoms with Crippen molar-refractivity contribution in [3.63, 3.8) is 0 Å². The van der Waals surface area contributed by atoms with Gasteiger partial charge in [0.1, 0.15) is 0 Å². The quantitative estimate of drug-likeness (QED) is 0.300. The molecule has 0 aromatic carbocycles. The molecule has 8 heavy (non-hydrogen) atoms. The largest absolute Gasteiger partial charge is 2.00 e. The van der Waals surface area contributed by atoms with E-state index in [-0.39, 0.29) is 57.0 Å². The van der Waals surface area contributed by atoms with Crippen molar-refractivity contribution in [2.45, 2.75) is 19.3 Å². The van der Waals surface area contributed by atoms with Crippen LogP contribution in [0.15, 0.2) is 12.2 Å². The summed E-state index contributed by atoms with van der Waals surface area (Å²) in [7, 11) is 0. The Hall–Kier alpha value is 1.47. The van der Waals surface area contributed by atoms with Gasteiger partial charge < -0.3 is 34.0 Å². The van der Waals surface area contributed by atoms with E-state index in [2.05, 4.69) is 12.2 Å². The minimum atomic E-state index is 0. The third-order valence-corrected chi connectivity index (χ3v) is 0.908. The van der Waals surface area contributed by atoms with Crippen LogP contribution in [0.4, 0.5) is 0 Å². The second kappa shape index (κ2) is 11.3. The minimum Gasteiger partial charge on any atom is -1.00 e. The molecule has 3 heteroatoms. The van der Waals surface area contributed by atoms with Crippen LogP contribution in [-0.2, 0) is 0 Å². The van der Waals surface area contributed by atoms with Gasteiger partial charge in [-0.2, -0.15) is 0 Å². The van der Waals surface area contributed by atoms with Crippen molar-refractivity contribution in [1.29, 1.82) is 0 Å². The van der Waals surface area contributed by atoms with Crippen molar-refractivity contribution in [3.8, 4) is 0 Å². The molecule has 0 spiro atoms. The van der Waals surface area contributed by atoms with Crippen molar-refractivity contribution in [2.24, 2.45) is 0 Å². The minimum absolute atomic E-state index is 0. The molecule has 0 N–H and O–H groups in total. The van der Waals surface area contributed by atoms with Crippen LogP contribution < -0.4 is 34.0 Å². The van der Waals surface area contributed by atoms with Gasteiger partial charge in [-0.25, -0.2) is 0 Å². The summed E-state index contributed by atoms with van der Waals surface area (Å²) < 4.78 is 0. The summed E-state index contributed by atoms with van der Waals surface area (Å²) in [6.45, 7) is 0. The Morgan fingerprint density at radius 1 is 0.875 bits per heavy atom. The van der Waals surface area contributed by atoms with E-state index in [0.717, 1.165) is 0 Å². The van der Waals surface area contributed by atoms with Crippen LogP contribution in [0.2, 0.25) is 0 Å². The standard InChI is InChI=1S/C5H8.2BrH.Mg/c1-2-4-5-3-1;;;/h1-2H,3-5H2;2*1H;/q;;;+2/p-2. The van der Waals surface area contributed by atoms with Gasteiger partial charge in [-0.1, -0.05) is 12.2 Å². The molecule has 0 heterocycles. The molecule has 0 aliphatic heterocycles. The van der Waals surface area contributed by atoms with E-state index < -0.39 is 0 Å². The molecule has 0 atom stereocenters. The summed E-state index contributed by atoms with van der Waals surface area (Å²) in [5, 5.41) is 0. The van der Waals surface area contributed by atoms with Crippen LogP contribution in [0.1, 0.15) is 19.3 Å². The fourth-order valence-corrected chi connectivity index (χ4v) is 0.589. The number of hydrogen-bond donors (Lipinski definition) is 0. The monoisotopic (exact) mass is 250 g/mol. The van der Waals surface area contributed by atoms with Crippen LogP contribution >= 0.6 is 0 Å². The Morgan fingerprint density at radius 2 is 1.25 bits per heavy atom. The molecular formula is C5H8Br2Mg. The van der Waals surface area contributed by atoms with E-state index in [9.17, 15) is 0 Å². The molecule has 1 aliphatic carbocycles. The molecule has 0 saturated carbocycles. The molecule has 0 fully saturated rings. The van der Waals surface area contributed by atoms with E-state index in [1.807, 2.05) is 0 Å². The van der Waals surface area contributed by atoms with Crippen LogP contribution in [0.25, 0.3) is 0 Å². The summed E-state index contributed by atoms with van der Waals surface area (Å²) >= 11 is 0. The van der Waals surface area contributed by atoms with E-state index in [1.54, 1.807) is 0 Å². The van der Waals surface area contributed by atoms with Gasteiger partial charge in [0.15, 0.2) is 0 Å². The number of hydrogen-bond acceptors (Lipinski definition) is 0. The van der Waals surface area contributed by atoms with Gasteiger partial charge in [0.05, 0.1) is 0 Å². The van der Waals surface area contributed by atoms with Gasteiger partial charge in [0, 0.05) is 0 Å². The number of rotatable bonds is 0. The third-order valence-electron chi connectivity index (χ3n) is 0.908. The second-order valence-corrected chi connectivity index (χ2v) is 1.40. The Balaban J connectivity index is -0.0000000833. The normalized spacial score (nSPS) is 13.0. The maximum absolute atomic E-state index is 2.24. The third kappa shape index (κ3) is 7.47. The maximum Gasteiger partial charge on any atom is 2.00 e. The van der Waals surface area contributed by atoms with Gasteiger partial charge in [-0.3, -0.25) is 0 Å². The summed E-state index contributed by atoms with van der Waals surface area (Å²) in [6.07, 6.45) is 8.50. The van der Waals surface area contributed by atoms with Gasteiger partial charge in [0.25, 0.3) is 0 Å². The molecule has 44 valence electrons. The Bertz CT molecular complexity index is 48.4. The predicted octanol–water partition coefficient (Wildman–Crippen LogP) is -4.65. The topological polar surface area (TPSA) is 0 Å². The summed E-state index contributed by atoms with van der Waals surface area (Å²) in [5.74, 6) is 0. The average molecular weight is 252 g/mol. The first-order valence-corrected chi connectivity index (χ1v) is 2.15.